The zero-order valence-corrected chi connectivity index (χ0v) is 10.8. The maximum atomic E-state index is 12.1. The molecule has 0 radical (unpaired) electrons. The number of hydrogen-bond acceptors (Lipinski definition) is 3. The van der Waals surface area contributed by atoms with E-state index in [-0.39, 0.29) is 11.9 Å². The topological polar surface area (TPSA) is 49.6 Å². The molecule has 1 fully saturated rings. The monoisotopic (exact) mass is 227 g/mol. The van der Waals surface area contributed by atoms with Crippen LogP contribution in [0.4, 0.5) is 0 Å². The van der Waals surface area contributed by atoms with Crippen molar-refractivity contribution in [2.45, 2.75) is 33.2 Å². The van der Waals surface area contributed by atoms with Crippen LogP contribution in [0.15, 0.2) is 0 Å². The predicted molar refractivity (Wildman–Crippen MR) is 66.1 cm³/mol. The van der Waals surface area contributed by atoms with Crippen LogP contribution in [0.1, 0.15) is 27.2 Å². The van der Waals surface area contributed by atoms with Gasteiger partial charge in [-0.15, -0.1) is 0 Å². The molecule has 0 aromatic carbocycles. The van der Waals surface area contributed by atoms with Crippen LogP contribution in [0.5, 0.6) is 0 Å². The smallest absolute Gasteiger partial charge is 0.239 e. The Morgan fingerprint density at radius 2 is 2.12 bits per heavy atom. The molecule has 4 nitrogen and oxygen atoms in total. The molecule has 0 aromatic heterocycles. The second-order valence-electron chi connectivity index (χ2n) is 4.57. The van der Waals surface area contributed by atoms with Gasteiger partial charge >= 0.3 is 0 Å². The fourth-order valence-electron chi connectivity index (χ4n) is 2.36. The Bertz CT molecular complexity index is 228. The normalized spacial score (nSPS) is 23.4. The number of likely N-dealkylation sites (tertiary alicyclic amines) is 1. The standard InChI is InChI=1S/C12H25N3O/c1-4-14(5-2)12(16)10(3)15-7-6-11(8-13)9-15/h10-11H,4-9,13H2,1-3H3. The third kappa shape index (κ3) is 2.95. The Balaban J connectivity index is 2.51. The molecule has 0 bridgehead atoms. The maximum Gasteiger partial charge on any atom is 0.239 e. The average Bonchev–Trinajstić information content (AvgIpc) is 2.78. The van der Waals surface area contributed by atoms with E-state index in [0.29, 0.717) is 5.92 Å². The van der Waals surface area contributed by atoms with Gasteiger partial charge in [-0.3, -0.25) is 9.69 Å². The number of likely N-dealkylation sites (N-methyl/N-ethyl adjacent to an activating group) is 1. The highest BCUT2D eigenvalue weighted by atomic mass is 16.2. The first-order valence-corrected chi connectivity index (χ1v) is 6.36. The van der Waals surface area contributed by atoms with Gasteiger partial charge in [0.05, 0.1) is 6.04 Å². The van der Waals surface area contributed by atoms with Gasteiger partial charge in [-0.05, 0) is 46.2 Å². The van der Waals surface area contributed by atoms with Gasteiger partial charge < -0.3 is 10.6 Å². The minimum absolute atomic E-state index is 0.0106. The number of carbonyl (C=O) groups is 1. The molecule has 16 heavy (non-hydrogen) atoms. The lowest BCUT2D eigenvalue weighted by Gasteiger charge is -2.29. The van der Waals surface area contributed by atoms with Crippen molar-refractivity contribution in [3.8, 4) is 0 Å². The molecule has 2 N–H and O–H groups in total. The van der Waals surface area contributed by atoms with Crippen molar-refractivity contribution in [3.63, 3.8) is 0 Å². The van der Waals surface area contributed by atoms with Crippen molar-refractivity contribution in [2.75, 3.05) is 32.7 Å². The molecule has 1 rings (SSSR count). The molecule has 0 saturated carbocycles. The average molecular weight is 227 g/mol. The lowest BCUT2D eigenvalue weighted by atomic mass is 10.1. The molecule has 4 heteroatoms. The van der Waals surface area contributed by atoms with E-state index in [9.17, 15) is 4.79 Å². The van der Waals surface area contributed by atoms with E-state index in [1.54, 1.807) is 0 Å². The van der Waals surface area contributed by atoms with Gasteiger partial charge in [0, 0.05) is 19.6 Å². The molecule has 1 amide bonds. The number of rotatable bonds is 5. The second kappa shape index (κ2) is 6.21. The largest absolute Gasteiger partial charge is 0.342 e. The van der Waals surface area contributed by atoms with Gasteiger partial charge in [0.2, 0.25) is 5.91 Å². The Kier molecular flexibility index (Phi) is 5.22. The van der Waals surface area contributed by atoms with Crippen LogP contribution >= 0.6 is 0 Å². The van der Waals surface area contributed by atoms with Crippen LogP contribution in [-0.2, 0) is 4.79 Å². The molecular weight excluding hydrogens is 202 g/mol. The minimum Gasteiger partial charge on any atom is -0.342 e. The van der Waals surface area contributed by atoms with Crippen LogP contribution in [0, 0.1) is 5.92 Å². The molecule has 2 atom stereocenters. The summed E-state index contributed by atoms with van der Waals surface area (Å²) in [4.78, 5) is 16.3. The van der Waals surface area contributed by atoms with E-state index >= 15 is 0 Å². The summed E-state index contributed by atoms with van der Waals surface area (Å²) in [6, 6.07) is 0.0106. The van der Waals surface area contributed by atoms with Crippen LogP contribution in [0.3, 0.4) is 0 Å². The Morgan fingerprint density at radius 1 is 1.50 bits per heavy atom. The zero-order chi connectivity index (χ0) is 12.1. The maximum absolute atomic E-state index is 12.1. The number of nitrogens with two attached hydrogens (primary N) is 1. The minimum atomic E-state index is 0.0106. The molecule has 1 heterocycles. The van der Waals surface area contributed by atoms with Gasteiger partial charge in [0.1, 0.15) is 0 Å². The van der Waals surface area contributed by atoms with E-state index in [1.165, 1.54) is 0 Å². The zero-order valence-electron chi connectivity index (χ0n) is 10.8. The molecule has 2 unspecified atom stereocenters. The van der Waals surface area contributed by atoms with Crippen LogP contribution < -0.4 is 5.73 Å². The molecule has 0 aliphatic carbocycles. The van der Waals surface area contributed by atoms with Gasteiger partial charge in [-0.25, -0.2) is 0 Å². The molecule has 1 aliphatic heterocycles. The summed E-state index contributed by atoms with van der Waals surface area (Å²) in [5, 5.41) is 0. The fraction of sp³-hybridized carbons (Fsp3) is 0.917. The number of nitrogens with zero attached hydrogens (tertiary/aromatic N) is 2. The van der Waals surface area contributed by atoms with Gasteiger partial charge in [-0.2, -0.15) is 0 Å². The van der Waals surface area contributed by atoms with Crippen molar-refractivity contribution < 1.29 is 4.79 Å². The fourth-order valence-corrected chi connectivity index (χ4v) is 2.36. The number of carbonyl (C=O) groups excluding carboxylic acids is 1. The first-order valence-electron chi connectivity index (χ1n) is 6.36. The molecule has 1 saturated heterocycles. The number of amides is 1. The third-order valence-electron chi connectivity index (χ3n) is 3.63. The van der Waals surface area contributed by atoms with Crippen molar-refractivity contribution >= 4 is 5.91 Å². The molecule has 1 aliphatic rings. The summed E-state index contributed by atoms with van der Waals surface area (Å²) in [5.41, 5.74) is 5.66. The van der Waals surface area contributed by atoms with Crippen molar-refractivity contribution in [2.24, 2.45) is 11.7 Å². The predicted octanol–water partition coefficient (Wildman–Crippen LogP) is 0.524. The summed E-state index contributed by atoms with van der Waals surface area (Å²) in [6.45, 7) is 10.4. The Hall–Kier alpha value is -0.610. The summed E-state index contributed by atoms with van der Waals surface area (Å²) < 4.78 is 0. The SMILES string of the molecule is CCN(CC)C(=O)C(C)N1CCC(CN)C1. The van der Waals surface area contributed by atoms with Gasteiger partial charge in [0.15, 0.2) is 0 Å². The molecule has 94 valence electrons. The van der Waals surface area contributed by atoms with Crippen molar-refractivity contribution in [3.05, 3.63) is 0 Å². The third-order valence-corrected chi connectivity index (χ3v) is 3.63. The highest BCUT2D eigenvalue weighted by Gasteiger charge is 2.30. The van der Waals surface area contributed by atoms with Crippen molar-refractivity contribution in [1.29, 1.82) is 0 Å². The summed E-state index contributed by atoms with van der Waals surface area (Å²) in [5.74, 6) is 0.828. The summed E-state index contributed by atoms with van der Waals surface area (Å²) in [7, 11) is 0. The van der Waals surface area contributed by atoms with E-state index in [4.69, 9.17) is 5.73 Å². The highest BCUT2D eigenvalue weighted by Crippen LogP contribution is 2.18. The highest BCUT2D eigenvalue weighted by molar-refractivity contribution is 5.81. The molecule has 0 aromatic rings. The Labute approximate surface area is 98.8 Å². The second-order valence-corrected chi connectivity index (χ2v) is 4.57. The van der Waals surface area contributed by atoms with Crippen molar-refractivity contribution in [1.82, 2.24) is 9.80 Å². The summed E-state index contributed by atoms with van der Waals surface area (Å²) >= 11 is 0. The summed E-state index contributed by atoms with van der Waals surface area (Å²) in [6.07, 6.45) is 1.13. The first kappa shape index (κ1) is 13.5. The van der Waals surface area contributed by atoms with Crippen LogP contribution in [0.25, 0.3) is 0 Å². The first-order chi connectivity index (χ1) is 7.63. The quantitative estimate of drug-likeness (QED) is 0.745. The van der Waals surface area contributed by atoms with E-state index in [0.717, 1.165) is 39.1 Å². The van der Waals surface area contributed by atoms with E-state index < -0.39 is 0 Å². The number of hydrogen-bond donors (Lipinski definition) is 1. The van der Waals surface area contributed by atoms with Gasteiger partial charge in [-0.1, -0.05) is 0 Å². The van der Waals surface area contributed by atoms with E-state index in [1.807, 2.05) is 25.7 Å². The Morgan fingerprint density at radius 3 is 2.56 bits per heavy atom. The molecule has 0 spiro atoms. The van der Waals surface area contributed by atoms with Crippen LogP contribution in [0.2, 0.25) is 0 Å². The van der Waals surface area contributed by atoms with E-state index in [2.05, 4.69) is 4.90 Å². The van der Waals surface area contributed by atoms with Crippen LogP contribution in [-0.4, -0.2) is 54.5 Å². The van der Waals surface area contributed by atoms with Gasteiger partial charge in [0.25, 0.3) is 0 Å². The molecular formula is C12H25N3O. The lowest BCUT2D eigenvalue weighted by molar-refractivity contribution is -0.135. The lowest BCUT2D eigenvalue weighted by Crippen LogP contribution is -2.46.